The lowest BCUT2D eigenvalue weighted by molar-refractivity contribution is -0.145. The summed E-state index contributed by atoms with van der Waals surface area (Å²) in [6.45, 7) is 1.11. The Bertz CT molecular complexity index is 1440. The number of fused-ring (bicyclic) bond motifs is 1. The standard InChI is InChI=1S/C23H15F6NO3S/c1-13-9-17(22(24,25)26)21(18(10-13)23(27,28)29)33-14-7-8-19-16(11-14)20(12-30-19)34(31,32)15-5-3-2-4-6-15/h2-12,30H,1H3. The van der Waals surface area contributed by atoms with Gasteiger partial charge in [0.05, 0.1) is 20.9 Å². The van der Waals surface area contributed by atoms with Crippen LogP contribution in [0.4, 0.5) is 26.3 Å². The van der Waals surface area contributed by atoms with Gasteiger partial charge < -0.3 is 9.72 Å². The van der Waals surface area contributed by atoms with Crippen molar-refractivity contribution in [3.05, 3.63) is 83.6 Å². The van der Waals surface area contributed by atoms with E-state index in [2.05, 4.69) is 4.98 Å². The van der Waals surface area contributed by atoms with Crippen molar-refractivity contribution in [2.75, 3.05) is 0 Å². The van der Waals surface area contributed by atoms with Crippen LogP contribution >= 0.6 is 0 Å². The topological polar surface area (TPSA) is 59.2 Å². The zero-order chi connectivity index (χ0) is 24.9. The lowest BCUT2D eigenvalue weighted by Gasteiger charge is -2.20. The first kappa shape index (κ1) is 23.7. The number of hydrogen-bond donors (Lipinski definition) is 1. The third-order valence-electron chi connectivity index (χ3n) is 5.02. The fourth-order valence-electron chi connectivity index (χ4n) is 3.51. The number of sulfone groups is 1. The maximum absolute atomic E-state index is 13.6. The second-order valence-electron chi connectivity index (χ2n) is 7.46. The van der Waals surface area contributed by atoms with Crippen molar-refractivity contribution in [3.8, 4) is 11.5 Å². The van der Waals surface area contributed by atoms with Crippen LogP contribution < -0.4 is 4.74 Å². The maximum Gasteiger partial charge on any atom is 0.420 e. The Labute approximate surface area is 189 Å². The molecule has 0 fully saturated rings. The predicted molar refractivity (Wildman–Crippen MR) is 111 cm³/mol. The molecule has 0 bridgehead atoms. The van der Waals surface area contributed by atoms with E-state index in [1.807, 2.05) is 0 Å². The molecule has 0 saturated heterocycles. The van der Waals surface area contributed by atoms with Gasteiger partial charge in [-0.3, -0.25) is 0 Å². The van der Waals surface area contributed by atoms with E-state index < -0.39 is 44.8 Å². The number of ether oxygens (including phenoxy) is 1. The Morgan fingerprint density at radius 2 is 1.41 bits per heavy atom. The van der Waals surface area contributed by atoms with E-state index in [-0.39, 0.29) is 20.7 Å². The van der Waals surface area contributed by atoms with E-state index in [4.69, 9.17) is 4.74 Å². The number of aromatic nitrogens is 1. The molecule has 0 amide bonds. The highest BCUT2D eigenvalue weighted by Gasteiger charge is 2.42. The molecule has 178 valence electrons. The number of halogens is 6. The zero-order valence-electron chi connectivity index (χ0n) is 17.3. The smallest absolute Gasteiger partial charge is 0.420 e. The van der Waals surface area contributed by atoms with Crippen LogP contribution in [0.25, 0.3) is 10.9 Å². The summed E-state index contributed by atoms with van der Waals surface area (Å²) in [7, 11) is -4.03. The molecule has 0 saturated carbocycles. The molecule has 0 atom stereocenters. The molecule has 4 nitrogen and oxygen atoms in total. The van der Waals surface area contributed by atoms with Gasteiger partial charge in [0.15, 0.2) is 5.75 Å². The van der Waals surface area contributed by atoms with Gasteiger partial charge in [-0.1, -0.05) is 18.2 Å². The van der Waals surface area contributed by atoms with Crippen molar-refractivity contribution in [1.29, 1.82) is 0 Å². The van der Waals surface area contributed by atoms with E-state index in [1.165, 1.54) is 36.5 Å². The van der Waals surface area contributed by atoms with Crippen LogP contribution in [-0.2, 0) is 22.2 Å². The number of aryl methyl sites for hydroxylation is 1. The summed E-state index contributed by atoms with van der Waals surface area (Å²) < 4.78 is 113. The summed E-state index contributed by atoms with van der Waals surface area (Å²) in [5.74, 6) is -1.80. The summed E-state index contributed by atoms with van der Waals surface area (Å²) in [6, 6.07) is 12.1. The largest absolute Gasteiger partial charge is 0.456 e. The van der Waals surface area contributed by atoms with Crippen LogP contribution in [0.5, 0.6) is 11.5 Å². The van der Waals surface area contributed by atoms with E-state index in [0.29, 0.717) is 17.6 Å². The number of nitrogens with one attached hydrogen (secondary N) is 1. The van der Waals surface area contributed by atoms with Gasteiger partial charge in [-0.25, -0.2) is 8.42 Å². The Morgan fingerprint density at radius 1 is 0.824 bits per heavy atom. The average molecular weight is 499 g/mol. The maximum atomic E-state index is 13.6. The molecule has 1 heterocycles. The Hall–Kier alpha value is -3.47. The third kappa shape index (κ3) is 4.35. The fourth-order valence-corrected chi connectivity index (χ4v) is 4.95. The van der Waals surface area contributed by atoms with Crippen LogP contribution in [0.15, 0.2) is 76.7 Å². The number of alkyl halides is 6. The second-order valence-corrected chi connectivity index (χ2v) is 9.38. The molecule has 0 spiro atoms. The number of benzene rings is 3. The van der Waals surface area contributed by atoms with E-state index in [1.54, 1.807) is 6.07 Å². The second kappa shape index (κ2) is 8.08. The van der Waals surface area contributed by atoms with Crippen LogP contribution in [-0.4, -0.2) is 13.4 Å². The van der Waals surface area contributed by atoms with Gasteiger partial charge in [0.25, 0.3) is 0 Å². The minimum atomic E-state index is -5.12. The summed E-state index contributed by atoms with van der Waals surface area (Å²) in [5.41, 5.74) is -3.13. The molecule has 0 aliphatic rings. The molecule has 0 aliphatic carbocycles. The molecular formula is C23H15F6NO3S. The summed E-state index contributed by atoms with van der Waals surface area (Å²) in [4.78, 5) is 2.51. The molecule has 0 unspecified atom stereocenters. The molecule has 4 aromatic rings. The third-order valence-corrected chi connectivity index (χ3v) is 6.83. The average Bonchev–Trinajstić information content (AvgIpc) is 3.18. The van der Waals surface area contributed by atoms with Gasteiger partial charge in [0, 0.05) is 17.1 Å². The summed E-state index contributed by atoms with van der Waals surface area (Å²) in [6.07, 6.45) is -9.05. The van der Waals surface area contributed by atoms with Crippen LogP contribution in [0.2, 0.25) is 0 Å². The summed E-state index contributed by atoms with van der Waals surface area (Å²) >= 11 is 0. The van der Waals surface area contributed by atoms with Gasteiger partial charge in [-0.15, -0.1) is 0 Å². The lowest BCUT2D eigenvalue weighted by atomic mass is 10.0. The van der Waals surface area contributed by atoms with Crippen molar-refractivity contribution in [2.24, 2.45) is 0 Å². The highest BCUT2D eigenvalue weighted by atomic mass is 32.2. The van der Waals surface area contributed by atoms with Crippen molar-refractivity contribution >= 4 is 20.7 Å². The van der Waals surface area contributed by atoms with Crippen molar-refractivity contribution in [1.82, 2.24) is 4.98 Å². The first-order chi connectivity index (χ1) is 15.8. The van der Waals surface area contributed by atoms with Gasteiger partial charge in [-0.05, 0) is 55.0 Å². The highest BCUT2D eigenvalue weighted by Crippen LogP contribution is 2.46. The predicted octanol–water partition coefficient (Wildman–Crippen LogP) is 7.14. The molecule has 1 N–H and O–H groups in total. The van der Waals surface area contributed by atoms with E-state index >= 15 is 0 Å². The van der Waals surface area contributed by atoms with Crippen molar-refractivity contribution < 1.29 is 39.5 Å². The Balaban J connectivity index is 1.87. The number of rotatable bonds is 4. The van der Waals surface area contributed by atoms with Gasteiger partial charge in [-0.2, -0.15) is 26.3 Å². The van der Waals surface area contributed by atoms with Crippen LogP contribution in [0.3, 0.4) is 0 Å². The number of hydrogen-bond acceptors (Lipinski definition) is 3. The Kier molecular flexibility index (Phi) is 5.63. The van der Waals surface area contributed by atoms with Gasteiger partial charge >= 0.3 is 12.4 Å². The number of H-pyrrole nitrogens is 1. The van der Waals surface area contributed by atoms with Crippen LogP contribution in [0, 0.1) is 6.92 Å². The van der Waals surface area contributed by atoms with E-state index in [9.17, 15) is 34.8 Å². The zero-order valence-corrected chi connectivity index (χ0v) is 18.1. The minimum Gasteiger partial charge on any atom is -0.456 e. The first-order valence-electron chi connectivity index (χ1n) is 9.66. The molecular weight excluding hydrogens is 484 g/mol. The van der Waals surface area contributed by atoms with Gasteiger partial charge in [0.1, 0.15) is 5.75 Å². The lowest BCUT2D eigenvalue weighted by Crippen LogP contribution is -2.14. The highest BCUT2D eigenvalue weighted by molar-refractivity contribution is 7.91. The van der Waals surface area contributed by atoms with Gasteiger partial charge in [0.2, 0.25) is 9.84 Å². The normalized spacial score (nSPS) is 12.8. The molecule has 3 aromatic carbocycles. The fraction of sp³-hybridized carbons (Fsp3) is 0.130. The van der Waals surface area contributed by atoms with Crippen molar-refractivity contribution in [2.45, 2.75) is 29.1 Å². The molecule has 4 rings (SSSR count). The Morgan fingerprint density at radius 3 is 1.97 bits per heavy atom. The number of aromatic amines is 1. The van der Waals surface area contributed by atoms with E-state index in [0.717, 1.165) is 19.1 Å². The monoisotopic (exact) mass is 499 g/mol. The first-order valence-corrected chi connectivity index (χ1v) is 11.1. The summed E-state index contributed by atoms with van der Waals surface area (Å²) in [5, 5.41) is 0.0515. The molecule has 0 aliphatic heterocycles. The minimum absolute atomic E-state index is 0.0283. The van der Waals surface area contributed by atoms with Crippen molar-refractivity contribution in [3.63, 3.8) is 0 Å². The molecule has 11 heteroatoms. The quantitative estimate of drug-likeness (QED) is 0.304. The van der Waals surface area contributed by atoms with Crippen LogP contribution in [0.1, 0.15) is 16.7 Å². The molecule has 0 radical (unpaired) electrons. The molecule has 34 heavy (non-hydrogen) atoms. The SMILES string of the molecule is Cc1cc(C(F)(F)F)c(Oc2ccc3[nH]cc(S(=O)(=O)c4ccccc4)c3c2)c(C(F)(F)F)c1. The molecule has 1 aromatic heterocycles.